The van der Waals surface area contributed by atoms with Gasteiger partial charge in [-0.1, -0.05) is 61.0 Å². The predicted octanol–water partition coefficient (Wildman–Crippen LogP) is 4.56. The Kier molecular flexibility index (Phi) is 4.05. The highest BCUT2D eigenvalue weighted by atomic mass is 35.5. The van der Waals surface area contributed by atoms with Gasteiger partial charge in [-0.25, -0.2) is 0 Å². The summed E-state index contributed by atoms with van der Waals surface area (Å²) in [5.41, 5.74) is 2.34. The first-order chi connectivity index (χ1) is 8.27. The topological polar surface area (TPSA) is 12.0 Å². The Morgan fingerprint density at radius 2 is 1.65 bits per heavy atom. The average Bonchev–Trinajstić information content (AvgIpc) is 2.38. The average molecular weight is 246 g/mol. The Labute approximate surface area is 107 Å². The lowest BCUT2D eigenvalue weighted by atomic mass is 10.0. The molecule has 0 saturated heterocycles. The number of nitrogens with one attached hydrogen (secondary N) is 1. The summed E-state index contributed by atoms with van der Waals surface area (Å²) in [7, 11) is 0. The number of rotatable bonds is 4. The summed E-state index contributed by atoms with van der Waals surface area (Å²) in [6, 6.07) is 18.3. The highest BCUT2D eigenvalue weighted by Gasteiger charge is 2.05. The van der Waals surface area contributed by atoms with E-state index in [2.05, 4.69) is 36.5 Å². The van der Waals surface area contributed by atoms with Crippen molar-refractivity contribution in [2.45, 2.75) is 12.8 Å². The monoisotopic (exact) mass is 245 g/mol. The molecule has 2 aromatic carbocycles. The quantitative estimate of drug-likeness (QED) is 0.833. The summed E-state index contributed by atoms with van der Waals surface area (Å²) in [5.74, 6) is 0.465. The van der Waals surface area contributed by atoms with E-state index in [-0.39, 0.29) is 0 Å². The van der Waals surface area contributed by atoms with Gasteiger partial charge in [0.05, 0.1) is 10.7 Å². The van der Waals surface area contributed by atoms with Gasteiger partial charge in [0.2, 0.25) is 0 Å². The molecule has 1 N–H and O–H groups in total. The lowest BCUT2D eigenvalue weighted by Gasteiger charge is -2.14. The second-order valence-corrected chi connectivity index (χ2v) is 4.58. The third-order valence-corrected chi connectivity index (χ3v) is 3.17. The van der Waals surface area contributed by atoms with Gasteiger partial charge in [0, 0.05) is 6.54 Å². The van der Waals surface area contributed by atoms with Crippen LogP contribution in [0.1, 0.15) is 18.4 Å². The van der Waals surface area contributed by atoms with Crippen LogP contribution in [0, 0.1) is 0 Å². The Morgan fingerprint density at radius 1 is 1.00 bits per heavy atom. The van der Waals surface area contributed by atoms with E-state index >= 15 is 0 Å². The van der Waals surface area contributed by atoms with Gasteiger partial charge < -0.3 is 5.32 Å². The summed E-state index contributed by atoms with van der Waals surface area (Å²) in [4.78, 5) is 0. The maximum atomic E-state index is 6.09. The molecular formula is C15H16ClN. The number of hydrogen-bond acceptors (Lipinski definition) is 1. The fourth-order valence-electron chi connectivity index (χ4n) is 1.77. The summed E-state index contributed by atoms with van der Waals surface area (Å²) < 4.78 is 0. The highest BCUT2D eigenvalue weighted by Crippen LogP contribution is 2.22. The molecule has 0 spiro atoms. The van der Waals surface area contributed by atoms with Crippen LogP contribution in [-0.4, -0.2) is 6.54 Å². The molecule has 0 heterocycles. The standard InChI is InChI=1S/C15H16ClN/c1-12(13-7-3-2-4-8-13)11-17-15-10-6-5-9-14(15)16/h2-10,12,17H,11H2,1H3. The lowest BCUT2D eigenvalue weighted by Crippen LogP contribution is -2.09. The first-order valence-corrected chi connectivity index (χ1v) is 6.18. The molecule has 2 heteroatoms. The molecule has 0 saturated carbocycles. The molecule has 0 amide bonds. The van der Waals surface area contributed by atoms with Crippen LogP contribution >= 0.6 is 11.6 Å². The van der Waals surface area contributed by atoms with Crippen molar-refractivity contribution in [2.24, 2.45) is 0 Å². The number of halogens is 1. The highest BCUT2D eigenvalue weighted by molar-refractivity contribution is 6.33. The third-order valence-electron chi connectivity index (χ3n) is 2.84. The van der Waals surface area contributed by atoms with Gasteiger partial charge in [0.15, 0.2) is 0 Å². The number of anilines is 1. The predicted molar refractivity (Wildman–Crippen MR) is 74.8 cm³/mol. The number of benzene rings is 2. The fourth-order valence-corrected chi connectivity index (χ4v) is 1.97. The first kappa shape index (κ1) is 12.0. The molecular weight excluding hydrogens is 230 g/mol. The largest absolute Gasteiger partial charge is 0.383 e. The minimum Gasteiger partial charge on any atom is -0.383 e. The second kappa shape index (κ2) is 5.74. The van der Waals surface area contributed by atoms with Gasteiger partial charge in [0.25, 0.3) is 0 Å². The fraction of sp³-hybridized carbons (Fsp3) is 0.200. The summed E-state index contributed by atoms with van der Waals surface area (Å²) >= 11 is 6.09. The van der Waals surface area contributed by atoms with Crippen molar-refractivity contribution < 1.29 is 0 Å². The van der Waals surface area contributed by atoms with Crippen molar-refractivity contribution >= 4 is 17.3 Å². The SMILES string of the molecule is CC(CNc1ccccc1Cl)c1ccccc1. The van der Waals surface area contributed by atoms with Gasteiger partial charge in [-0.3, -0.25) is 0 Å². The van der Waals surface area contributed by atoms with E-state index in [1.165, 1.54) is 5.56 Å². The van der Waals surface area contributed by atoms with E-state index in [4.69, 9.17) is 11.6 Å². The molecule has 0 bridgehead atoms. The van der Waals surface area contributed by atoms with Crippen LogP contribution in [0.4, 0.5) is 5.69 Å². The van der Waals surface area contributed by atoms with Crippen LogP contribution in [0.25, 0.3) is 0 Å². The molecule has 1 atom stereocenters. The van der Waals surface area contributed by atoms with Crippen molar-refractivity contribution in [3.8, 4) is 0 Å². The maximum absolute atomic E-state index is 6.09. The molecule has 0 fully saturated rings. The van der Waals surface area contributed by atoms with Gasteiger partial charge >= 0.3 is 0 Å². The van der Waals surface area contributed by atoms with Gasteiger partial charge in [-0.05, 0) is 23.6 Å². The molecule has 0 aliphatic rings. The molecule has 1 unspecified atom stereocenters. The Bertz CT molecular complexity index is 467. The second-order valence-electron chi connectivity index (χ2n) is 4.17. The zero-order chi connectivity index (χ0) is 12.1. The lowest BCUT2D eigenvalue weighted by molar-refractivity contribution is 0.805. The van der Waals surface area contributed by atoms with Crippen LogP contribution in [-0.2, 0) is 0 Å². The van der Waals surface area contributed by atoms with E-state index in [0.29, 0.717) is 5.92 Å². The normalized spacial score (nSPS) is 12.1. The molecule has 88 valence electrons. The van der Waals surface area contributed by atoms with Crippen molar-refractivity contribution in [1.82, 2.24) is 0 Å². The van der Waals surface area contributed by atoms with Crippen molar-refractivity contribution in [3.05, 3.63) is 65.2 Å². The smallest absolute Gasteiger partial charge is 0.0637 e. The van der Waals surface area contributed by atoms with Crippen molar-refractivity contribution in [3.63, 3.8) is 0 Å². The van der Waals surface area contributed by atoms with Gasteiger partial charge in [0.1, 0.15) is 0 Å². The Morgan fingerprint density at radius 3 is 2.35 bits per heavy atom. The Hall–Kier alpha value is -1.47. The first-order valence-electron chi connectivity index (χ1n) is 5.80. The van der Waals surface area contributed by atoms with Crippen molar-refractivity contribution in [1.29, 1.82) is 0 Å². The van der Waals surface area contributed by atoms with Crippen LogP contribution < -0.4 is 5.32 Å². The van der Waals surface area contributed by atoms with Gasteiger partial charge in [-0.2, -0.15) is 0 Å². The van der Waals surface area contributed by atoms with E-state index in [1.807, 2.05) is 30.3 Å². The van der Waals surface area contributed by atoms with Crippen LogP contribution in [0.5, 0.6) is 0 Å². The molecule has 17 heavy (non-hydrogen) atoms. The zero-order valence-electron chi connectivity index (χ0n) is 9.86. The minimum atomic E-state index is 0.465. The van der Waals surface area contributed by atoms with E-state index in [0.717, 1.165) is 17.3 Å². The molecule has 2 rings (SSSR count). The third kappa shape index (κ3) is 3.24. The summed E-state index contributed by atoms with van der Waals surface area (Å²) in [6.07, 6.45) is 0. The van der Waals surface area contributed by atoms with Gasteiger partial charge in [-0.15, -0.1) is 0 Å². The number of hydrogen-bond donors (Lipinski definition) is 1. The van der Waals surface area contributed by atoms with Crippen molar-refractivity contribution in [2.75, 3.05) is 11.9 Å². The molecule has 2 aromatic rings. The van der Waals surface area contributed by atoms with Crippen LogP contribution in [0.3, 0.4) is 0 Å². The van der Waals surface area contributed by atoms with Crippen LogP contribution in [0.2, 0.25) is 5.02 Å². The molecule has 0 aliphatic carbocycles. The molecule has 0 aromatic heterocycles. The maximum Gasteiger partial charge on any atom is 0.0637 e. The minimum absolute atomic E-state index is 0.465. The molecule has 0 radical (unpaired) electrons. The number of para-hydroxylation sites is 1. The summed E-state index contributed by atoms with van der Waals surface area (Å²) in [6.45, 7) is 3.09. The molecule has 0 aliphatic heterocycles. The van der Waals surface area contributed by atoms with E-state index in [1.54, 1.807) is 0 Å². The zero-order valence-corrected chi connectivity index (χ0v) is 10.6. The van der Waals surface area contributed by atoms with E-state index < -0.39 is 0 Å². The van der Waals surface area contributed by atoms with E-state index in [9.17, 15) is 0 Å². The summed E-state index contributed by atoms with van der Waals surface area (Å²) in [5, 5.41) is 4.15. The van der Waals surface area contributed by atoms with Crippen LogP contribution in [0.15, 0.2) is 54.6 Å². The Balaban J connectivity index is 1.97. The molecule has 1 nitrogen and oxygen atoms in total.